The third-order valence-corrected chi connectivity index (χ3v) is 5.98. The highest BCUT2D eigenvalue weighted by atomic mass is 16.3. The molecule has 0 amide bonds. The van der Waals surface area contributed by atoms with Crippen LogP contribution in [0.5, 0.6) is 5.88 Å². The first kappa shape index (κ1) is 23.1. The third-order valence-electron chi connectivity index (χ3n) is 5.98. The van der Waals surface area contributed by atoms with Crippen LogP contribution in [0.15, 0.2) is 50.4 Å². The number of rotatable bonds is 7. The molecule has 1 fully saturated rings. The van der Waals surface area contributed by atoms with Crippen molar-refractivity contribution in [3.63, 3.8) is 0 Å². The molecule has 11 heteroatoms. The first-order valence-corrected chi connectivity index (χ1v) is 11.5. The van der Waals surface area contributed by atoms with Gasteiger partial charge in [0.25, 0.3) is 5.56 Å². The van der Waals surface area contributed by atoms with E-state index in [-0.39, 0.29) is 29.7 Å². The summed E-state index contributed by atoms with van der Waals surface area (Å²) in [5, 5.41) is 32.6. The largest absolute Gasteiger partial charge is 0.493 e. The topological polar surface area (TPSA) is 143 Å². The van der Waals surface area contributed by atoms with Gasteiger partial charge in [0.15, 0.2) is 11.6 Å². The molecule has 0 bridgehead atoms. The van der Waals surface area contributed by atoms with E-state index in [0.717, 1.165) is 38.5 Å². The Labute approximate surface area is 195 Å². The number of hydrogen-bond acceptors (Lipinski definition) is 8. The van der Waals surface area contributed by atoms with Gasteiger partial charge in [-0.25, -0.2) is 9.78 Å². The van der Waals surface area contributed by atoms with Crippen molar-refractivity contribution in [2.24, 2.45) is 10.2 Å². The number of hydrogen-bond donors (Lipinski definition) is 1. The molecule has 3 aromatic rings. The molecular formula is C23H26N8O3. The molecule has 1 saturated carbocycles. The van der Waals surface area contributed by atoms with Crippen molar-refractivity contribution in [2.45, 2.75) is 64.5 Å². The molecule has 11 nitrogen and oxygen atoms in total. The molecule has 0 aliphatic heterocycles. The first-order chi connectivity index (χ1) is 16.6. The summed E-state index contributed by atoms with van der Waals surface area (Å²) in [5.41, 5.74) is -1.42. The highest BCUT2D eigenvalue weighted by Gasteiger charge is 2.25. The predicted octanol–water partition coefficient (Wildman–Crippen LogP) is 3.89. The SMILES string of the molecule is CCCCn1c(O)c(N=Nc2c(C#N)cnn2-c2ccccn2)c(=O)n(C2CCCCC2)c1=O. The summed E-state index contributed by atoms with van der Waals surface area (Å²) < 4.78 is 3.73. The van der Waals surface area contributed by atoms with Gasteiger partial charge in [0.2, 0.25) is 11.6 Å². The van der Waals surface area contributed by atoms with E-state index in [2.05, 4.69) is 20.3 Å². The molecule has 0 aromatic carbocycles. The molecule has 1 aliphatic carbocycles. The number of azo groups is 1. The fraction of sp³-hybridized carbons (Fsp3) is 0.435. The van der Waals surface area contributed by atoms with E-state index in [1.807, 2.05) is 13.0 Å². The predicted molar refractivity (Wildman–Crippen MR) is 124 cm³/mol. The molecule has 0 unspecified atom stereocenters. The van der Waals surface area contributed by atoms with Crippen molar-refractivity contribution in [1.82, 2.24) is 23.9 Å². The Morgan fingerprint density at radius 1 is 1.21 bits per heavy atom. The van der Waals surface area contributed by atoms with Crippen LogP contribution in [0.3, 0.4) is 0 Å². The summed E-state index contributed by atoms with van der Waals surface area (Å²) in [4.78, 5) is 30.7. The number of aromatic hydroxyl groups is 1. The first-order valence-electron chi connectivity index (χ1n) is 11.5. The second kappa shape index (κ2) is 10.2. The summed E-state index contributed by atoms with van der Waals surface area (Å²) in [5.74, 6) is -0.0492. The minimum Gasteiger partial charge on any atom is -0.493 e. The molecule has 0 saturated heterocycles. The van der Waals surface area contributed by atoms with Crippen LogP contribution in [0.4, 0.5) is 11.5 Å². The number of aromatic nitrogens is 5. The summed E-state index contributed by atoms with van der Waals surface area (Å²) >= 11 is 0. The Hall–Kier alpha value is -4.07. The van der Waals surface area contributed by atoms with Gasteiger partial charge < -0.3 is 5.11 Å². The lowest BCUT2D eigenvalue weighted by Gasteiger charge is -2.24. The zero-order valence-electron chi connectivity index (χ0n) is 19.0. The maximum absolute atomic E-state index is 13.3. The second-order valence-corrected chi connectivity index (χ2v) is 8.22. The molecule has 34 heavy (non-hydrogen) atoms. The van der Waals surface area contributed by atoms with E-state index in [9.17, 15) is 20.0 Å². The van der Waals surface area contributed by atoms with Gasteiger partial charge in [-0.2, -0.15) is 15.0 Å². The van der Waals surface area contributed by atoms with Gasteiger partial charge in [-0.15, -0.1) is 10.2 Å². The van der Waals surface area contributed by atoms with E-state index in [0.29, 0.717) is 12.2 Å². The molecule has 0 radical (unpaired) electrons. The lowest BCUT2D eigenvalue weighted by Crippen LogP contribution is -2.42. The minimum absolute atomic E-state index is 0.0653. The van der Waals surface area contributed by atoms with Crippen LogP contribution in [0.2, 0.25) is 0 Å². The Balaban J connectivity index is 1.86. The van der Waals surface area contributed by atoms with Crippen LogP contribution in [-0.2, 0) is 6.54 Å². The van der Waals surface area contributed by atoms with Crippen LogP contribution >= 0.6 is 0 Å². The van der Waals surface area contributed by atoms with Crippen molar-refractivity contribution >= 4 is 11.5 Å². The Bertz CT molecular complexity index is 1340. The van der Waals surface area contributed by atoms with Crippen LogP contribution in [0, 0.1) is 11.3 Å². The van der Waals surface area contributed by atoms with E-state index < -0.39 is 17.1 Å². The summed E-state index contributed by atoms with van der Waals surface area (Å²) in [6.45, 7) is 2.23. The van der Waals surface area contributed by atoms with Gasteiger partial charge in [-0.3, -0.25) is 13.9 Å². The Kier molecular flexibility index (Phi) is 6.96. The highest BCUT2D eigenvalue weighted by Crippen LogP contribution is 2.30. The zero-order chi connectivity index (χ0) is 24.1. The molecule has 176 valence electrons. The average Bonchev–Trinajstić information content (AvgIpc) is 3.28. The zero-order valence-corrected chi connectivity index (χ0v) is 19.0. The highest BCUT2D eigenvalue weighted by molar-refractivity contribution is 5.51. The lowest BCUT2D eigenvalue weighted by atomic mass is 9.95. The van der Waals surface area contributed by atoms with Gasteiger partial charge in [-0.05, 0) is 31.4 Å². The van der Waals surface area contributed by atoms with Gasteiger partial charge >= 0.3 is 5.69 Å². The normalized spacial score (nSPS) is 14.5. The van der Waals surface area contributed by atoms with Crippen LogP contribution < -0.4 is 11.2 Å². The van der Waals surface area contributed by atoms with Crippen LogP contribution in [-0.4, -0.2) is 29.0 Å². The van der Waals surface area contributed by atoms with Crippen molar-refractivity contribution in [2.75, 3.05) is 0 Å². The van der Waals surface area contributed by atoms with Crippen molar-refractivity contribution in [3.05, 3.63) is 57.0 Å². The summed E-state index contributed by atoms with van der Waals surface area (Å²) in [6, 6.07) is 6.94. The maximum atomic E-state index is 13.3. The van der Waals surface area contributed by atoms with Crippen molar-refractivity contribution in [3.8, 4) is 17.8 Å². The van der Waals surface area contributed by atoms with Gasteiger partial charge in [0.05, 0.1) is 6.20 Å². The standard InChI is InChI=1S/C23H26N8O3/c1-2-3-13-29-21(32)19(22(33)30(23(29)34)17-9-5-4-6-10-17)27-28-20-16(14-24)15-26-31(20)18-11-7-8-12-25-18/h7-8,11-12,15,17,32H,2-6,9-10,13H2,1H3. The van der Waals surface area contributed by atoms with Gasteiger partial charge in [-0.1, -0.05) is 38.7 Å². The van der Waals surface area contributed by atoms with Crippen LogP contribution in [0.1, 0.15) is 63.5 Å². The molecule has 0 spiro atoms. The average molecular weight is 463 g/mol. The van der Waals surface area contributed by atoms with Gasteiger partial charge in [0.1, 0.15) is 11.6 Å². The monoisotopic (exact) mass is 462 g/mol. The number of nitriles is 1. The van der Waals surface area contributed by atoms with Crippen molar-refractivity contribution < 1.29 is 5.11 Å². The minimum atomic E-state index is -0.687. The number of pyridine rings is 1. The fourth-order valence-electron chi connectivity index (χ4n) is 4.17. The summed E-state index contributed by atoms with van der Waals surface area (Å²) in [6.07, 6.45) is 8.71. The fourth-order valence-corrected chi connectivity index (χ4v) is 4.17. The molecule has 4 rings (SSSR count). The van der Waals surface area contributed by atoms with E-state index >= 15 is 0 Å². The lowest BCUT2D eigenvalue weighted by molar-refractivity contribution is 0.315. The number of nitrogens with zero attached hydrogens (tertiary/aromatic N) is 8. The smallest absolute Gasteiger partial charge is 0.334 e. The molecule has 1 aliphatic rings. The molecule has 1 N–H and O–H groups in total. The van der Waals surface area contributed by atoms with E-state index in [1.54, 1.807) is 24.4 Å². The van der Waals surface area contributed by atoms with Crippen molar-refractivity contribution in [1.29, 1.82) is 5.26 Å². The quantitative estimate of drug-likeness (QED) is 0.528. The Morgan fingerprint density at radius 3 is 2.68 bits per heavy atom. The molecule has 3 heterocycles. The third kappa shape index (κ3) is 4.39. The Morgan fingerprint density at radius 2 is 2.00 bits per heavy atom. The van der Waals surface area contributed by atoms with E-state index in [1.165, 1.54) is 20.0 Å². The summed E-state index contributed by atoms with van der Waals surface area (Å²) in [7, 11) is 0. The number of unbranched alkanes of at least 4 members (excludes halogenated alkanes) is 1. The molecule has 3 aromatic heterocycles. The maximum Gasteiger partial charge on any atom is 0.334 e. The van der Waals surface area contributed by atoms with Crippen LogP contribution in [0.25, 0.3) is 5.82 Å². The van der Waals surface area contributed by atoms with Gasteiger partial charge in [0, 0.05) is 18.8 Å². The molecule has 0 atom stereocenters. The second-order valence-electron chi connectivity index (χ2n) is 8.22. The van der Waals surface area contributed by atoms with E-state index in [4.69, 9.17) is 0 Å². The molecular weight excluding hydrogens is 436 g/mol.